The summed E-state index contributed by atoms with van der Waals surface area (Å²) >= 11 is 0. The standard InChI is InChI=1S/C8H14O6/c1-3(9)2-4-5(10)6(11)7(12)8(13)14-4/h4-8,10-13H,2H2,1H3/t4-,5+,6+,7-,8-/m1/s1. The van der Waals surface area contributed by atoms with Crippen molar-refractivity contribution in [3.8, 4) is 0 Å². The Morgan fingerprint density at radius 2 is 1.71 bits per heavy atom. The van der Waals surface area contributed by atoms with Crippen LogP contribution in [0.1, 0.15) is 13.3 Å². The Bertz CT molecular complexity index is 218. The zero-order valence-electron chi connectivity index (χ0n) is 7.70. The second-order valence-electron chi connectivity index (χ2n) is 3.44. The second kappa shape index (κ2) is 4.33. The molecule has 6 heteroatoms. The lowest BCUT2D eigenvalue weighted by atomic mass is 9.96. The molecule has 0 aliphatic carbocycles. The monoisotopic (exact) mass is 206 g/mol. The van der Waals surface area contributed by atoms with E-state index in [1.165, 1.54) is 6.92 Å². The normalized spacial score (nSPS) is 43.6. The van der Waals surface area contributed by atoms with Gasteiger partial charge in [0.05, 0.1) is 6.10 Å². The Labute approximate surface area is 80.7 Å². The fourth-order valence-electron chi connectivity index (χ4n) is 1.38. The number of Topliss-reactive ketones (excluding diaryl/α,β-unsaturated/α-hetero) is 1. The van der Waals surface area contributed by atoms with E-state index in [1.54, 1.807) is 0 Å². The summed E-state index contributed by atoms with van der Waals surface area (Å²) in [5.41, 5.74) is 0. The van der Waals surface area contributed by atoms with Gasteiger partial charge in [0, 0.05) is 6.42 Å². The number of ketones is 1. The molecule has 5 atom stereocenters. The van der Waals surface area contributed by atoms with Gasteiger partial charge in [0.1, 0.15) is 24.1 Å². The van der Waals surface area contributed by atoms with E-state index in [0.29, 0.717) is 0 Å². The highest BCUT2D eigenvalue weighted by molar-refractivity contribution is 5.76. The van der Waals surface area contributed by atoms with Crippen LogP contribution >= 0.6 is 0 Å². The molecule has 0 unspecified atom stereocenters. The SMILES string of the molecule is CC(=O)C[C@H]1O[C@@H](O)[C@H](O)[C@@H](O)[C@H]1O. The van der Waals surface area contributed by atoms with Crippen LogP contribution in [0, 0.1) is 0 Å². The molecule has 6 nitrogen and oxygen atoms in total. The van der Waals surface area contributed by atoms with Crippen LogP contribution in [0.4, 0.5) is 0 Å². The number of carbonyl (C=O) groups is 1. The smallest absolute Gasteiger partial charge is 0.183 e. The summed E-state index contributed by atoms with van der Waals surface area (Å²) in [6, 6.07) is 0. The average Bonchev–Trinajstić information content (AvgIpc) is 2.10. The van der Waals surface area contributed by atoms with Gasteiger partial charge in [-0.2, -0.15) is 0 Å². The topological polar surface area (TPSA) is 107 Å². The lowest BCUT2D eigenvalue weighted by Crippen LogP contribution is -2.57. The van der Waals surface area contributed by atoms with Crippen molar-refractivity contribution in [2.75, 3.05) is 0 Å². The molecule has 1 aliphatic heterocycles. The molecule has 0 aromatic carbocycles. The van der Waals surface area contributed by atoms with Crippen molar-refractivity contribution >= 4 is 5.78 Å². The first-order valence-corrected chi connectivity index (χ1v) is 4.30. The van der Waals surface area contributed by atoms with E-state index in [-0.39, 0.29) is 12.2 Å². The molecule has 0 aromatic rings. The molecule has 1 rings (SSSR count). The quantitative estimate of drug-likeness (QED) is 0.407. The molecule has 0 aromatic heterocycles. The van der Waals surface area contributed by atoms with Crippen molar-refractivity contribution in [2.45, 2.75) is 44.1 Å². The van der Waals surface area contributed by atoms with Crippen LogP contribution < -0.4 is 0 Å². The molecule has 0 spiro atoms. The Morgan fingerprint density at radius 3 is 2.21 bits per heavy atom. The van der Waals surface area contributed by atoms with E-state index >= 15 is 0 Å². The van der Waals surface area contributed by atoms with E-state index in [9.17, 15) is 15.0 Å². The second-order valence-corrected chi connectivity index (χ2v) is 3.44. The van der Waals surface area contributed by atoms with Crippen LogP contribution in [0.25, 0.3) is 0 Å². The number of hydrogen-bond acceptors (Lipinski definition) is 6. The van der Waals surface area contributed by atoms with Crippen LogP contribution in [0.2, 0.25) is 0 Å². The van der Waals surface area contributed by atoms with Crippen molar-refractivity contribution in [1.82, 2.24) is 0 Å². The minimum absolute atomic E-state index is 0.109. The Hall–Kier alpha value is -0.530. The van der Waals surface area contributed by atoms with Gasteiger partial charge in [-0.05, 0) is 6.92 Å². The molecule has 1 heterocycles. The summed E-state index contributed by atoms with van der Waals surface area (Å²) in [6.07, 6.45) is -7.06. The first kappa shape index (κ1) is 11.5. The number of hydrogen-bond donors (Lipinski definition) is 4. The molecular formula is C8H14O6. The van der Waals surface area contributed by atoms with Crippen molar-refractivity contribution in [3.05, 3.63) is 0 Å². The number of aliphatic hydroxyl groups is 4. The maximum absolute atomic E-state index is 10.7. The molecule has 14 heavy (non-hydrogen) atoms. The average molecular weight is 206 g/mol. The van der Waals surface area contributed by atoms with Crippen LogP contribution in [0.15, 0.2) is 0 Å². The molecule has 82 valence electrons. The van der Waals surface area contributed by atoms with E-state index in [0.717, 1.165) is 0 Å². The zero-order valence-corrected chi connectivity index (χ0v) is 7.70. The number of carbonyl (C=O) groups excluding carboxylic acids is 1. The van der Waals surface area contributed by atoms with Gasteiger partial charge < -0.3 is 25.2 Å². The summed E-state index contributed by atoms with van der Waals surface area (Å²) in [7, 11) is 0. The maximum atomic E-state index is 10.7. The Kier molecular flexibility index (Phi) is 3.57. The third-order valence-electron chi connectivity index (χ3n) is 2.18. The predicted molar refractivity (Wildman–Crippen MR) is 44.2 cm³/mol. The largest absolute Gasteiger partial charge is 0.388 e. The summed E-state index contributed by atoms with van der Waals surface area (Å²) < 4.78 is 4.77. The minimum atomic E-state index is -1.57. The Balaban J connectivity index is 2.65. The summed E-state index contributed by atoms with van der Waals surface area (Å²) in [6.45, 7) is 1.31. The summed E-state index contributed by atoms with van der Waals surface area (Å²) in [4.78, 5) is 10.7. The fraction of sp³-hybridized carbons (Fsp3) is 0.875. The van der Waals surface area contributed by atoms with Crippen molar-refractivity contribution in [2.24, 2.45) is 0 Å². The molecule has 0 amide bonds. The summed E-state index contributed by atoms with van der Waals surface area (Å²) in [5, 5.41) is 36.8. The van der Waals surface area contributed by atoms with Crippen molar-refractivity contribution in [3.63, 3.8) is 0 Å². The van der Waals surface area contributed by atoms with Crippen LogP contribution in [-0.4, -0.2) is 56.9 Å². The van der Waals surface area contributed by atoms with Crippen molar-refractivity contribution < 1.29 is 30.0 Å². The highest BCUT2D eigenvalue weighted by atomic mass is 16.6. The van der Waals surface area contributed by atoms with Gasteiger partial charge in [0.2, 0.25) is 0 Å². The first-order valence-electron chi connectivity index (χ1n) is 4.30. The lowest BCUT2D eigenvalue weighted by Gasteiger charge is -2.37. The summed E-state index contributed by atoms with van der Waals surface area (Å²) in [5.74, 6) is -0.232. The first-order chi connectivity index (χ1) is 6.43. The van der Waals surface area contributed by atoms with E-state index < -0.39 is 30.7 Å². The molecule has 1 fully saturated rings. The van der Waals surface area contributed by atoms with Gasteiger partial charge in [-0.15, -0.1) is 0 Å². The number of rotatable bonds is 2. The van der Waals surface area contributed by atoms with E-state index in [4.69, 9.17) is 14.9 Å². The third kappa shape index (κ3) is 2.28. The number of ether oxygens (including phenoxy) is 1. The van der Waals surface area contributed by atoms with Crippen LogP contribution in [0.3, 0.4) is 0 Å². The highest BCUT2D eigenvalue weighted by Crippen LogP contribution is 2.21. The lowest BCUT2D eigenvalue weighted by molar-refractivity contribution is -0.281. The molecule has 0 radical (unpaired) electrons. The Morgan fingerprint density at radius 1 is 1.14 bits per heavy atom. The van der Waals surface area contributed by atoms with Crippen molar-refractivity contribution in [1.29, 1.82) is 0 Å². The molecular weight excluding hydrogens is 192 g/mol. The maximum Gasteiger partial charge on any atom is 0.183 e. The zero-order chi connectivity index (χ0) is 10.9. The van der Waals surface area contributed by atoms with Gasteiger partial charge in [-0.3, -0.25) is 4.79 Å². The molecule has 4 N–H and O–H groups in total. The van der Waals surface area contributed by atoms with Gasteiger partial charge in [-0.25, -0.2) is 0 Å². The highest BCUT2D eigenvalue weighted by Gasteiger charge is 2.43. The fourth-order valence-corrected chi connectivity index (χ4v) is 1.38. The third-order valence-corrected chi connectivity index (χ3v) is 2.18. The van der Waals surface area contributed by atoms with Gasteiger partial charge in [0.25, 0.3) is 0 Å². The van der Waals surface area contributed by atoms with Gasteiger partial charge in [-0.1, -0.05) is 0 Å². The molecule has 1 aliphatic rings. The molecule has 1 saturated heterocycles. The van der Waals surface area contributed by atoms with Crippen LogP contribution in [-0.2, 0) is 9.53 Å². The predicted octanol–water partition coefficient (Wildman–Crippen LogP) is -2.23. The minimum Gasteiger partial charge on any atom is -0.388 e. The van der Waals surface area contributed by atoms with E-state index in [2.05, 4.69) is 0 Å². The molecule has 0 saturated carbocycles. The van der Waals surface area contributed by atoms with Crippen LogP contribution in [0.5, 0.6) is 0 Å². The van der Waals surface area contributed by atoms with Gasteiger partial charge >= 0.3 is 0 Å². The number of aliphatic hydroxyl groups excluding tert-OH is 4. The van der Waals surface area contributed by atoms with Gasteiger partial charge in [0.15, 0.2) is 6.29 Å². The van der Waals surface area contributed by atoms with E-state index in [1.807, 2.05) is 0 Å². The molecule has 0 bridgehead atoms.